The molecule has 0 saturated carbocycles. The van der Waals surface area contributed by atoms with Gasteiger partial charge in [-0.25, -0.2) is 17.7 Å². The van der Waals surface area contributed by atoms with Gasteiger partial charge in [-0.1, -0.05) is 6.07 Å². The van der Waals surface area contributed by atoms with Gasteiger partial charge in [0.15, 0.2) is 0 Å². The number of benzene rings is 1. The van der Waals surface area contributed by atoms with E-state index in [-0.39, 0.29) is 29.2 Å². The fourth-order valence-electron chi connectivity index (χ4n) is 2.45. The van der Waals surface area contributed by atoms with E-state index in [2.05, 4.69) is 15.3 Å². The Bertz CT molecular complexity index is 980. The van der Waals surface area contributed by atoms with Gasteiger partial charge in [0.25, 0.3) is 5.56 Å². The first-order valence-electron chi connectivity index (χ1n) is 8.00. The second-order valence-corrected chi connectivity index (χ2v) is 8.23. The Kier molecular flexibility index (Phi) is 5.94. The Labute approximate surface area is 152 Å². The Balaban J connectivity index is 2.09. The van der Waals surface area contributed by atoms with Crippen LogP contribution in [0.3, 0.4) is 0 Å². The summed E-state index contributed by atoms with van der Waals surface area (Å²) in [5, 5.41) is 2.66. The molecule has 1 aromatic heterocycles. The Morgan fingerprint density at radius 3 is 2.58 bits per heavy atom. The van der Waals surface area contributed by atoms with Crippen LogP contribution in [0.1, 0.15) is 23.5 Å². The summed E-state index contributed by atoms with van der Waals surface area (Å²) in [5.74, 6) is 0.211. The van der Waals surface area contributed by atoms with Gasteiger partial charge < -0.3 is 10.3 Å². The number of nitrogens with one attached hydrogen (secondary N) is 2. The number of aromatic nitrogens is 2. The highest BCUT2D eigenvalue weighted by atomic mass is 32.2. The minimum Gasteiger partial charge on any atom is -0.326 e. The maximum Gasteiger partial charge on any atom is 0.254 e. The molecule has 0 radical (unpaired) electrons. The van der Waals surface area contributed by atoms with Gasteiger partial charge in [-0.2, -0.15) is 0 Å². The smallest absolute Gasteiger partial charge is 0.254 e. The molecule has 0 aliphatic carbocycles. The molecule has 0 atom stereocenters. The second kappa shape index (κ2) is 7.79. The summed E-state index contributed by atoms with van der Waals surface area (Å²) < 4.78 is 25.4. The fraction of sp³-hybridized carbons (Fsp3) is 0.353. The molecule has 1 heterocycles. The zero-order chi connectivity index (χ0) is 19.5. The molecule has 1 amide bonds. The van der Waals surface area contributed by atoms with Crippen molar-refractivity contribution in [1.82, 2.24) is 14.3 Å². The molecule has 0 spiro atoms. The van der Waals surface area contributed by atoms with E-state index < -0.39 is 10.0 Å². The van der Waals surface area contributed by atoms with Crippen LogP contribution < -0.4 is 10.9 Å². The van der Waals surface area contributed by atoms with Gasteiger partial charge in [-0.05, 0) is 38.5 Å². The van der Waals surface area contributed by atoms with Gasteiger partial charge >= 0.3 is 0 Å². The summed E-state index contributed by atoms with van der Waals surface area (Å²) in [5.41, 5.74) is 1.19. The number of rotatable bonds is 6. The van der Waals surface area contributed by atoms with E-state index >= 15 is 0 Å². The quantitative estimate of drug-likeness (QED) is 0.785. The predicted molar refractivity (Wildman–Crippen MR) is 98.6 cm³/mol. The van der Waals surface area contributed by atoms with Crippen molar-refractivity contribution in [3.63, 3.8) is 0 Å². The summed E-state index contributed by atoms with van der Waals surface area (Å²) in [6, 6.07) is 6.04. The second-order valence-electron chi connectivity index (χ2n) is 6.08. The molecule has 2 N–H and O–H groups in total. The molecule has 9 heteroatoms. The molecule has 0 aliphatic heterocycles. The van der Waals surface area contributed by atoms with Crippen molar-refractivity contribution in [3.05, 3.63) is 51.7 Å². The van der Waals surface area contributed by atoms with Gasteiger partial charge in [-0.15, -0.1) is 0 Å². The van der Waals surface area contributed by atoms with Gasteiger partial charge in [0.2, 0.25) is 15.9 Å². The molecule has 26 heavy (non-hydrogen) atoms. The van der Waals surface area contributed by atoms with E-state index in [0.29, 0.717) is 22.8 Å². The van der Waals surface area contributed by atoms with E-state index in [1.165, 1.54) is 26.2 Å². The molecule has 1 aromatic carbocycles. The van der Waals surface area contributed by atoms with Crippen LogP contribution in [-0.4, -0.2) is 42.7 Å². The lowest BCUT2D eigenvalue weighted by atomic mass is 10.1. The van der Waals surface area contributed by atoms with Gasteiger partial charge in [-0.3, -0.25) is 9.59 Å². The van der Waals surface area contributed by atoms with E-state index in [1.54, 1.807) is 26.0 Å². The van der Waals surface area contributed by atoms with E-state index in [1.807, 2.05) is 0 Å². The molecule has 0 unspecified atom stereocenters. The Morgan fingerprint density at radius 1 is 1.27 bits per heavy atom. The van der Waals surface area contributed by atoms with Gasteiger partial charge in [0.1, 0.15) is 5.82 Å². The number of anilines is 1. The van der Waals surface area contributed by atoms with Crippen molar-refractivity contribution in [1.29, 1.82) is 0 Å². The van der Waals surface area contributed by atoms with Crippen LogP contribution in [0.2, 0.25) is 0 Å². The minimum absolute atomic E-state index is 0.0827. The zero-order valence-electron chi connectivity index (χ0n) is 15.2. The summed E-state index contributed by atoms with van der Waals surface area (Å²) in [4.78, 5) is 31.0. The molecule has 0 saturated heterocycles. The molecule has 8 nitrogen and oxygen atoms in total. The first-order valence-corrected chi connectivity index (χ1v) is 9.44. The van der Waals surface area contributed by atoms with Crippen LogP contribution in [0, 0.1) is 13.8 Å². The topological polar surface area (TPSA) is 112 Å². The number of H-pyrrole nitrogens is 1. The van der Waals surface area contributed by atoms with Crippen molar-refractivity contribution in [2.24, 2.45) is 0 Å². The lowest BCUT2D eigenvalue weighted by Crippen LogP contribution is -2.22. The third-order valence-corrected chi connectivity index (χ3v) is 5.65. The minimum atomic E-state index is -3.58. The van der Waals surface area contributed by atoms with Crippen LogP contribution in [-0.2, 0) is 21.2 Å². The number of hydrogen-bond acceptors (Lipinski definition) is 5. The monoisotopic (exact) mass is 378 g/mol. The number of aromatic amines is 1. The largest absolute Gasteiger partial charge is 0.326 e. The number of carbonyl (C=O) groups is 1. The normalized spacial score (nSPS) is 11.6. The van der Waals surface area contributed by atoms with E-state index in [9.17, 15) is 18.0 Å². The number of sulfonamides is 1. The molecule has 2 rings (SSSR count). The number of amides is 1. The molecule has 0 fully saturated rings. The van der Waals surface area contributed by atoms with Gasteiger partial charge in [0, 0.05) is 37.5 Å². The van der Waals surface area contributed by atoms with Crippen LogP contribution in [0.5, 0.6) is 0 Å². The van der Waals surface area contributed by atoms with E-state index in [0.717, 1.165) is 4.31 Å². The van der Waals surface area contributed by atoms with Crippen LogP contribution in [0.15, 0.2) is 34.0 Å². The predicted octanol–water partition coefficient (Wildman–Crippen LogP) is 1.21. The first kappa shape index (κ1) is 19.8. The Morgan fingerprint density at radius 2 is 1.96 bits per heavy atom. The molecule has 2 aromatic rings. The zero-order valence-corrected chi connectivity index (χ0v) is 16.0. The molecule has 140 valence electrons. The van der Waals surface area contributed by atoms with Crippen molar-refractivity contribution in [3.8, 4) is 0 Å². The number of carbonyl (C=O) groups excluding carboxylic acids is 1. The lowest BCUT2D eigenvalue weighted by Gasteiger charge is -2.12. The summed E-state index contributed by atoms with van der Waals surface area (Å²) in [6.07, 6.45) is 0.329. The van der Waals surface area contributed by atoms with Crippen LogP contribution in [0.25, 0.3) is 0 Å². The number of aryl methyl sites for hydroxylation is 2. The molecular weight excluding hydrogens is 356 g/mol. The van der Waals surface area contributed by atoms with E-state index in [4.69, 9.17) is 0 Å². The third-order valence-electron chi connectivity index (χ3n) is 3.84. The lowest BCUT2D eigenvalue weighted by molar-refractivity contribution is -0.116. The molecular formula is C17H22N4O4S. The summed E-state index contributed by atoms with van der Waals surface area (Å²) in [7, 11) is -0.696. The maximum atomic E-state index is 12.2. The average molecular weight is 378 g/mol. The standard InChI is InChI=1S/C17H22N4O4S/c1-11-15(17(23)19-12(2)18-11)8-9-16(22)20-13-6-5-7-14(10-13)26(24,25)21(3)4/h5-7,10H,8-9H2,1-4H3,(H,20,22)(H,18,19,23). The summed E-state index contributed by atoms with van der Waals surface area (Å²) in [6.45, 7) is 3.42. The third kappa shape index (κ3) is 4.55. The number of nitrogens with zero attached hydrogens (tertiary/aromatic N) is 2. The highest BCUT2D eigenvalue weighted by Crippen LogP contribution is 2.18. The summed E-state index contributed by atoms with van der Waals surface area (Å²) >= 11 is 0. The fourth-order valence-corrected chi connectivity index (χ4v) is 3.40. The molecule has 0 aliphatic rings. The first-order chi connectivity index (χ1) is 12.1. The highest BCUT2D eigenvalue weighted by Gasteiger charge is 2.17. The van der Waals surface area contributed by atoms with Crippen molar-refractivity contribution in [2.45, 2.75) is 31.6 Å². The van der Waals surface area contributed by atoms with Crippen molar-refractivity contribution in [2.75, 3.05) is 19.4 Å². The highest BCUT2D eigenvalue weighted by molar-refractivity contribution is 7.89. The molecule has 0 bridgehead atoms. The maximum absolute atomic E-state index is 12.2. The van der Waals surface area contributed by atoms with Crippen LogP contribution in [0.4, 0.5) is 5.69 Å². The average Bonchev–Trinajstić information content (AvgIpc) is 2.53. The number of hydrogen-bond donors (Lipinski definition) is 2. The SMILES string of the molecule is Cc1nc(C)c(CCC(=O)Nc2cccc(S(=O)(=O)N(C)C)c2)c(=O)[nH]1. The van der Waals surface area contributed by atoms with Crippen molar-refractivity contribution >= 4 is 21.6 Å². The van der Waals surface area contributed by atoms with Crippen molar-refractivity contribution < 1.29 is 13.2 Å². The van der Waals surface area contributed by atoms with Gasteiger partial charge in [0.05, 0.1) is 4.90 Å². The van der Waals surface area contributed by atoms with Crippen LogP contribution >= 0.6 is 0 Å². The Hall–Kier alpha value is -2.52.